The molecule has 69 heavy (non-hydrogen) atoms. The van der Waals surface area contributed by atoms with Gasteiger partial charge in [0.15, 0.2) is 6.10 Å². The molecule has 1 atom stereocenters. The molecule has 0 amide bonds. The van der Waals surface area contributed by atoms with Crippen LogP contribution in [0.5, 0.6) is 0 Å². The van der Waals surface area contributed by atoms with Gasteiger partial charge in [0.25, 0.3) is 0 Å². The van der Waals surface area contributed by atoms with Crippen LogP contribution in [-0.2, 0) is 28.6 Å². The Morgan fingerprint density at radius 3 is 0.797 bits per heavy atom. The minimum atomic E-state index is -0.761. The van der Waals surface area contributed by atoms with Crippen LogP contribution < -0.4 is 0 Å². The van der Waals surface area contributed by atoms with E-state index in [0.29, 0.717) is 19.3 Å². The second kappa shape index (κ2) is 58.5. The van der Waals surface area contributed by atoms with Gasteiger partial charge >= 0.3 is 17.9 Å². The molecule has 0 aliphatic heterocycles. The molecule has 0 bridgehead atoms. The summed E-state index contributed by atoms with van der Waals surface area (Å²) in [5.41, 5.74) is 0. The van der Waals surface area contributed by atoms with E-state index in [4.69, 9.17) is 14.2 Å². The van der Waals surface area contributed by atoms with Gasteiger partial charge in [0.2, 0.25) is 0 Å². The zero-order valence-corrected chi connectivity index (χ0v) is 46.6. The van der Waals surface area contributed by atoms with Crippen molar-refractivity contribution in [3.63, 3.8) is 0 Å². The first kappa shape index (κ1) is 66.9. The molecule has 0 N–H and O–H groups in total. The zero-order valence-electron chi connectivity index (χ0n) is 46.6. The van der Waals surface area contributed by atoms with Crippen molar-refractivity contribution in [1.82, 2.24) is 0 Å². The van der Waals surface area contributed by atoms with Crippen LogP contribution in [0.2, 0.25) is 0 Å². The molecule has 6 nitrogen and oxygen atoms in total. The SMILES string of the molecule is CCCCCCC/C=C\C/C=C\CCCCCCCCCCCCCCCCCCCCCCCC(=O)OCC(COC(=O)CCCCCCC)OC(=O)CCCCCCCCCCCCCCC. The molecule has 0 saturated heterocycles. The lowest BCUT2D eigenvalue weighted by molar-refractivity contribution is -0.167. The maximum atomic E-state index is 12.7. The molecule has 0 saturated carbocycles. The number of esters is 3. The maximum Gasteiger partial charge on any atom is 0.306 e. The second-order valence-electron chi connectivity index (χ2n) is 21.0. The molecule has 0 aromatic carbocycles. The third kappa shape index (κ3) is 56.7. The predicted molar refractivity (Wildman–Crippen MR) is 298 cm³/mol. The molecule has 0 aliphatic carbocycles. The number of allylic oxidation sites excluding steroid dienone is 4. The highest BCUT2D eigenvalue weighted by molar-refractivity contribution is 5.71. The Hall–Kier alpha value is -2.11. The van der Waals surface area contributed by atoms with E-state index < -0.39 is 6.10 Å². The first-order valence-electron chi connectivity index (χ1n) is 30.8. The van der Waals surface area contributed by atoms with E-state index in [1.165, 1.54) is 231 Å². The molecule has 0 aromatic rings. The fourth-order valence-electron chi connectivity index (χ4n) is 9.30. The van der Waals surface area contributed by atoms with Crippen LogP contribution in [0.3, 0.4) is 0 Å². The van der Waals surface area contributed by atoms with Gasteiger partial charge < -0.3 is 14.2 Å². The van der Waals surface area contributed by atoms with E-state index >= 15 is 0 Å². The molecule has 0 spiro atoms. The van der Waals surface area contributed by atoms with Crippen LogP contribution >= 0.6 is 0 Å². The Balaban J connectivity index is 3.85. The molecule has 0 heterocycles. The molecule has 0 aromatic heterocycles. The van der Waals surface area contributed by atoms with Gasteiger partial charge in [0.05, 0.1) is 0 Å². The number of carbonyl (C=O) groups is 3. The highest BCUT2D eigenvalue weighted by Gasteiger charge is 2.19. The monoisotopic (exact) mass is 971 g/mol. The Morgan fingerprint density at radius 1 is 0.290 bits per heavy atom. The van der Waals surface area contributed by atoms with Gasteiger partial charge in [0, 0.05) is 19.3 Å². The lowest BCUT2D eigenvalue weighted by Crippen LogP contribution is -2.30. The van der Waals surface area contributed by atoms with E-state index in [9.17, 15) is 14.4 Å². The normalized spacial score (nSPS) is 12.1. The number of hydrogen-bond acceptors (Lipinski definition) is 6. The van der Waals surface area contributed by atoms with Crippen molar-refractivity contribution in [2.24, 2.45) is 0 Å². The van der Waals surface area contributed by atoms with Crippen LogP contribution in [0.1, 0.15) is 342 Å². The summed E-state index contributed by atoms with van der Waals surface area (Å²) in [4.78, 5) is 37.7. The van der Waals surface area contributed by atoms with Crippen LogP contribution in [0.15, 0.2) is 24.3 Å². The molecule has 6 heteroatoms. The first-order valence-corrected chi connectivity index (χ1v) is 30.8. The van der Waals surface area contributed by atoms with E-state index in [-0.39, 0.29) is 31.1 Å². The Morgan fingerprint density at radius 2 is 0.522 bits per heavy atom. The van der Waals surface area contributed by atoms with Crippen LogP contribution in [0, 0.1) is 0 Å². The number of rotatable bonds is 57. The number of hydrogen-bond donors (Lipinski definition) is 0. The largest absolute Gasteiger partial charge is 0.462 e. The lowest BCUT2D eigenvalue weighted by atomic mass is 10.0. The highest BCUT2D eigenvalue weighted by Crippen LogP contribution is 2.18. The third-order valence-electron chi connectivity index (χ3n) is 14.0. The van der Waals surface area contributed by atoms with Gasteiger partial charge in [-0.3, -0.25) is 14.4 Å². The summed E-state index contributed by atoms with van der Waals surface area (Å²) in [5.74, 6) is -0.860. The van der Waals surface area contributed by atoms with Crippen LogP contribution in [0.25, 0.3) is 0 Å². The fraction of sp³-hybridized carbons (Fsp3) is 0.889. The van der Waals surface area contributed by atoms with Crippen molar-refractivity contribution >= 4 is 17.9 Å². The van der Waals surface area contributed by atoms with Gasteiger partial charge in [-0.1, -0.05) is 295 Å². The van der Waals surface area contributed by atoms with E-state index in [1.807, 2.05) is 0 Å². The minimum Gasteiger partial charge on any atom is -0.462 e. The van der Waals surface area contributed by atoms with Crippen LogP contribution in [-0.4, -0.2) is 37.2 Å². The van der Waals surface area contributed by atoms with E-state index in [2.05, 4.69) is 45.1 Å². The van der Waals surface area contributed by atoms with Gasteiger partial charge in [0.1, 0.15) is 13.2 Å². The molecular weight excluding hydrogens is 853 g/mol. The van der Waals surface area contributed by atoms with Crippen molar-refractivity contribution < 1.29 is 28.6 Å². The van der Waals surface area contributed by atoms with Gasteiger partial charge in [-0.25, -0.2) is 0 Å². The summed E-state index contributed by atoms with van der Waals surface area (Å²) in [6, 6.07) is 0. The topological polar surface area (TPSA) is 78.9 Å². The smallest absolute Gasteiger partial charge is 0.306 e. The average Bonchev–Trinajstić information content (AvgIpc) is 3.35. The molecule has 0 aliphatic rings. The fourth-order valence-corrected chi connectivity index (χ4v) is 9.30. The molecule has 0 fully saturated rings. The summed E-state index contributed by atoms with van der Waals surface area (Å²) >= 11 is 0. The lowest BCUT2D eigenvalue weighted by Gasteiger charge is -2.18. The first-order chi connectivity index (χ1) is 34.0. The molecule has 0 radical (unpaired) electrons. The zero-order chi connectivity index (χ0) is 50.0. The maximum absolute atomic E-state index is 12.7. The van der Waals surface area contributed by atoms with Gasteiger partial charge in [-0.15, -0.1) is 0 Å². The molecule has 0 rings (SSSR count). The van der Waals surface area contributed by atoms with E-state index in [0.717, 1.165) is 70.6 Å². The average molecular weight is 972 g/mol. The molecular formula is C63H118O6. The van der Waals surface area contributed by atoms with Gasteiger partial charge in [-0.2, -0.15) is 0 Å². The third-order valence-corrected chi connectivity index (χ3v) is 14.0. The quantitative estimate of drug-likeness (QED) is 0.0261. The summed E-state index contributed by atoms with van der Waals surface area (Å²) in [7, 11) is 0. The standard InChI is InChI=1S/C63H118O6/c1-4-7-10-13-15-17-19-21-22-23-24-25-26-27-28-29-30-31-32-33-34-35-36-37-38-39-40-42-43-45-47-50-53-56-62(65)68-59-60(58-67-61(64)55-52-49-12-9-6-3)69-63(66)57-54-51-48-46-44-41-20-18-16-14-11-8-5-2/h19,21,23-24,60H,4-18,20,22,25-59H2,1-3H3/b21-19-,24-23-. The Kier molecular flexibility index (Phi) is 56.7. The molecule has 406 valence electrons. The van der Waals surface area contributed by atoms with Crippen molar-refractivity contribution in [1.29, 1.82) is 0 Å². The highest BCUT2D eigenvalue weighted by atomic mass is 16.6. The second-order valence-corrected chi connectivity index (χ2v) is 21.0. The summed E-state index contributed by atoms with van der Waals surface area (Å²) < 4.78 is 16.7. The van der Waals surface area contributed by atoms with Crippen LogP contribution in [0.4, 0.5) is 0 Å². The number of carbonyl (C=O) groups excluding carboxylic acids is 3. The Bertz CT molecular complexity index is 1110. The Labute approximate surface area is 430 Å². The summed E-state index contributed by atoms with van der Waals surface area (Å²) in [6.45, 7) is 6.59. The van der Waals surface area contributed by atoms with E-state index in [1.54, 1.807) is 0 Å². The number of ether oxygens (including phenoxy) is 3. The number of unbranched alkanes of at least 4 members (excludes halogenated alkanes) is 42. The van der Waals surface area contributed by atoms with Crippen molar-refractivity contribution in [3.05, 3.63) is 24.3 Å². The van der Waals surface area contributed by atoms with Crippen molar-refractivity contribution in [3.8, 4) is 0 Å². The van der Waals surface area contributed by atoms with Crippen molar-refractivity contribution in [2.45, 2.75) is 348 Å². The summed E-state index contributed by atoms with van der Waals surface area (Å²) in [6.07, 6.45) is 69.6. The van der Waals surface area contributed by atoms with Crippen molar-refractivity contribution in [2.75, 3.05) is 13.2 Å². The molecule has 1 unspecified atom stereocenters. The summed E-state index contributed by atoms with van der Waals surface area (Å²) in [5, 5.41) is 0. The van der Waals surface area contributed by atoms with Gasteiger partial charge in [-0.05, 0) is 51.4 Å². The minimum absolute atomic E-state index is 0.0653. The predicted octanol–water partition coefficient (Wildman–Crippen LogP) is 20.7.